The van der Waals surface area contributed by atoms with Crippen LogP contribution in [0.5, 0.6) is 0 Å². The predicted molar refractivity (Wildman–Crippen MR) is 95.6 cm³/mol. The number of hydrogen-bond acceptors (Lipinski definition) is 2. The molecule has 0 aliphatic carbocycles. The number of hydrogen-bond donors (Lipinski definition) is 0. The molecule has 2 aromatic rings. The Hall–Kier alpha value is -2.91. The van der Waals surface area contributed by atoms with Crippen LogP contribution in [0.2, 0.25) is 0 Å². The molecular weight excluding hydrogens is 491 g/mol. The number of benzene rings is 2. The van der Waals surface area contributed by atoms with Crippen molar-refractivity contribution in [2.45, 2.75) is 27.7 Å². The molecule has 0 spiro atoms. The first kappa shape index (κ1) is 22.1. The van der Waals surface area contributed by atoms with Crippen LogP contribution in [0.1, 0.15) is 22.3 Å². The second-order valence-corrected chi connectivity index (χ2v) is 6.61. The quantitative estimate of drug-likeness (QED) is 0.426. The molecule has 0 saturated carbocycles. The van der Waals surface area contributed by atoms with Crippen molar-refractivity contribution in [2.75, 3.05) is 0 Å². The van der Waals surface area contributed by atoms with Gasteiger partial charge in [0, 0.05) is 0 Å². The maximum absolute atomic E-state index is 7.64. The van der Waals surface area contributed by atoms with E-state index >= 15 is 0 Å². The predicted octanol–water partition coefficient (Wildman–Crippen LogP) is 5.74. The fourth-order valence-corrected chi connectivity index (χ4v) is 1.81. The Morgan fingerprint density at radius 1 is 0.760 bits per heavy atom. The van der Waals surface area contributed by atoms with Gasteiger partial charge < -0.3 is 0 Å². The molecule has 128 valence electrons. The van der Waals surface area contributed by atoms with Crippen LogP contribution >= 0.6 is 0 Å². The third kappa shape index (κ3) is 9.08. The normalized spacial score (nSPS) is 8.16. The molecule has 0 aromatic heterocycles. The molecule has 5 heteroatoms. The zero-order valence-corrected chi connectivity index (χ0v) is 16.8. The van der Waals surface area contributed by atoms with Crippen LogP contribution < -0.4 is 0 Å². The molecular formula is C20H18N4Pt. The van der Waals surface area contributed by atoms with E-state index in [1.807, 2.05) is 64.1 Å². The molecule has 4 nitrogen and oxygen atoms in total. The Kier molecular flexibility index (Phi) is 11.0. The van der Waals surface area contributed by atoms with Crippen molar-refractivity contribution >= 4 is 11.4 Å². The molecule has 0 aliphatic heterocycles. The third-order valence-electron chi connectivity index (χ3n) is 3.04. The minimum absolute atomic E-state index is 0.764. The van der Waals surface area contributed by atoms with E-state index in [2.05, 4.69) is 9.69 Å². The summed E-state index contributed by atoms with van der Waals surface area (Å²) in [5, 5.41) is 15.3. The smallest absolute Gasteiger partial charge is 0.190 e. The van der Waals surface area contributed by atoms with E-state index < -0.39 is 18.6 Å². The van der Waals surface area contributed by atoms with Gasteiger partial charge in [0.25, 0.3) is 0 Å². The Morgan fingerprint density at radius 3 is 1.32 bits per heavy atom. The summed E-state index contributed by atoms with van der Waals surface area (Å²) in [5.74, 6) is 0. The van der Waals surface area contributed by atoms with Crippen molar-refractivity contribution in [3.63, 3.8) is 0 Å². The van der Waals surface area contributed by atoms with E-state index in [0.717, 1.165) is 33.6 Å². The van der Waals surface area contributed by atoms with Crippen molar-refractivity contribution in [3.8, 4) is 8.92 Å². The average Bonchev–Trinajstić information content (AvgIpc) is 2.61. The minimum Gasteiger partial charge on any atom is -0.238 e. The van der Waals surface area contributed by atoms with Crippen LogP contribution in [0.15, 0.2) is 36.4 Å². The summed E-state index contributed by atoms with van der Waals surface area (Å²) < 4.78 is 3.53. The summed E-state index contributed by atoms with van der Waals surface area (Å²) in [4.78, 5) is 6.76. The van der Waals surface area contributed by atoms with Gasteiger partial charge in [0.2, 0.25) is 0 Å². The Labute approximate surface area is 158 Å². The van der Waals surface area contributed by atoms with Crippen LogP contribution in [-0.2, 0) is 18.6 Å². The second kappa shape index (κ2) is 12.5. The molecule has 0 saturated heterocycles. The van der Waals surface area contributed by atoms with Crippen molar-refractivity contribution in [1.29, 1.82) is 10.5 Å². The molecule has 0 N–H and O–H groups in total. The van der Waals surface area contributed by atoms with Crippen LogP contribution in [0.25, 0.3) is 9.69 Å². The second-order valence-electron chi connectivity index (χ2n) is 5.02. The molecule has 0 amide bonds. The largest absolute Gasteiger partial charge is 0.238 e. The summed E-state index contributed by atoms with van der Waals surface area (Å²) in [6, 6.07) is 11.8. The maximum atomic E-state index is 7.64. The Bertz CT molecular complexity index is 801. The summed E-state index contributed by atoms with van der Waals surface area (Å²) in [6.07, 6.45) is 0. The van der Waals surface area contributed by atoms with Gasteiger partial charge in [-0.3, -0.25) is 0 Å². The first-order chi connectivity index (χ1) is 11.9. The zero-order valence-electron chi connectivity index (χ0n) is 14.6. The summed E-state index contributed by atoms with van der Waals surface area (Å²) in [7, 11) is 0. The topological polar surface area (TPSA) is 56.3 Å². The number of aryl methyl sites for hydroxylation is 4. The van der Waals surface area contributed by atoms with Gasteiger partial charge in [-0.05, 0) is 38.8 Å². The third-order valence-corrected chi connectivity index (χ3v) is 3.55. The molecule has 0 fully saturated rings. The number of rotatable bonds is 0. The standard InChI is InChI=1S/2C9H9N.2CN.Pt/c2*1-7-4-5-8(2)9(6-7)10-3;2*1-2;/h2*4-6H,1-2H3;;;. The van der Waals surface area contributed by atoms with Gasteiger partial charge in [0.1, 0.15) is 0 Å². The minimum atomic E-state index is -0.765. The monoisotopic (exact) mass is 509 g/mol. The maximum Gasteiger partial charge on any atom is 0.190 e. The number of nitrogens with zero attached hydrogens (tertiary/aromatic N) is 4. The molecule has 25 heavy (non-hydrogen) atoms. The average molecular weight is 509 g/mol. The van der Waals surface area contributed by atoms with Gasteiger partial charge in [0.15, 0.2) is 11.4 Å². The molecule has 0 heterocycles. The molecule has 2 aromatic carbocycles. The van der Waals surface area contributed by atoms with Gasteiger partial charge in [0.05, 0.1) is 13.1 Å². The van der Waals surface area contributed by atoms with Gasteiger partial charge >= 0.3 is 38.0 Å². The molecule has 0 unspecified atom stereocenters. The fourth-order valence-electron chi connectivity index (χ4n) is 1.70. The molecule has 2 rings (SSSR count). The van der Waals surface area contributed by atoms with Crippen molar-refractivity contribution in [3.05, 3.63) is 81.5 Å². The van der Waals surface area contributed by atoms with E-state index in [4.69, 9.17) is 23.7 Å². The summed E-state index contributed by atoms with van der Waals surface area (Å²) in [6.45, 7) is 21.5. The first-order valence-electron chi connectivity index (χ1n) is 7.13. The molecule has 0 radical (unpaired) electrons. The first-order valence-corrected chi connectivity index (χ1v) is 9.41. The van der Waals surface area contributed by atoms with E-state index in [1.165, 1.54) is 0 Å². The number of nitriles is 2. The summed E-state index contributed by atoms with van der Waals surface area (Å²) in [5.41, 5.74) is 5.94. The molecule has 0 atom stereocenters. The SMILES string of the molecule is N#[C][Pt][C]#N.[C-]#[N+]c1cc(C)ccc1C.[C-]#[N+]c1cc(C)ccc1C. The van der Waals surface area contributed by atoms with Crippen LogP contribution in [0.3, 0.4) is 0 Å². The van der Waals surface area contributed by atoms with Crippen molar-refractivity contribution in [1.82, 2.24) is 0 Å². The van der Waals surface area contributed by atoms with Crippen LogP contribution in [-0.4, -0.2) is 0 Å². The van der Waals surface area contributed by atoms with E-state index in [1.54, 1.807) is 8.92 Å². The van der Waals surface area contributed by atoms with Gasteiger partial charge in [-0.15, -0.1) is 0 Å². The molecule has 0 bridgehead atoms. The van der Waals surface area contributed by atoms with Crippen molar-refractivity contribution < 1.29 is 18.6 Å². The fraction of sp³-hybridized carbons (Fsp3) is 0.200. The van der Waals surface area contributed by atoms with E-state index in [9.17, 15) is 0 Å². The Morgan fingerprint density at radius 2 is 1.12 bits per heavy atom. The van der Waals surface area contributed by atoms with Gasteiger partial charge in [-0.1, -0.05) is 47.5 Å². The Balaban J connectivity index is 0.000000368. The van der Waals surface area contributed by atoms with E-state index in [-0.39, 0.29) is 0 Å². The van der Waals surface area contributed by atoms with Crippen LogP contribution in [0, 0.1) is 60.3 Å². The summed E-state index contributed by atoms with van der Waals surface area (Å²) >= 11 is -0.765. The van der Waals surface area contributed by atoms with Crippen molar-refractivity contribution in [2.24, 2.45) is 0 Å². The zero-order chi connectivity index (χ0) is 19.2. The van der Waals surface area contributed by atoms with Gasteiger partial charge in [-0.2, -0.15) is 0 Å². The van der Waals surface area contributed by atoms with Gasteiger partial charge in [-0.25, -0.2) is 9.69 Å². The van der Waals surface area contributed by atoms with E-state index in [0.29, 0.717) is 0 Å². The van der Waals surface area contributed by atoms with Crippen LogP contribution in [0.4, 0.5) is 11.4 Å². The molecule has 0 aliphatic rings.